The second kappa shape index (κ2) is 4.40. The summed E-state index contributed by atoms with van der Waals surface area (Å²) in [6.07, 6.45) is 2.45. The molecular weight excluding hydrogens is 204 g/mol. The van der Waals surface area contributed by atoms with Crippen LogP contribution in [0.1, 0.15) is 35.9 Å². The summed E-state index contributed by atoms with van der Waals surface area (Å²) in [5, 5.41) is 3.85. The van der Waals surface area contributed by atoms with Crippen molar-refractivity contribution in [3.05, 3.63) is 41.3 Å². The molecule has 2 heterocycles. The summed E-state index contributed by atoms with van der Waals surface area (Å²) in [5.41, 5.74) is 7.85. The van der Waals surface area contributed by atoms with Crippen LogP contribution in [0, 0.1) is 6.92 Å². The lowest BCUT2D eigenvalue weighted by Gasteiger charge is -2.06. The second-order valence-electron chi connectivity index (χ2n) is 3.61. The van der Waals surface area contributed by atoms with Gasteiger partial charge in [0.1, 0.15) is 0 Å². The van der Waals surface area contributed by atoms with Gasteiger partial charge in [-0.15, -0.1) is 0 Å². The molecule has 84 valence electrons. The molecule has 0 spiro atoms. The number of hydrogen-bond donors (Lipinski definition) is 1. The summed E-state index contributed by atoms with van der Waals surface area (Å²) >= 11 is 0. The van der Waals surface area contributed by atoms with Gasteiger partial charge in [0.15, 0.2) is 5.82 Å². The van der Waals surface area contributed by atoms with Gasteiger partial charge in [-0.05, 0) is 18.6 Å². The molecule has 1 unspecified atom stereocenters. The zero-order chi connectivity index (χ0) is 11.5. The van der Waals surface area contributed by atoms with Crippen LogP contribution in [0.2, 0.25) is 0 Å². The Bertz CT molecular complexity index is 463. The van der Waals surface area contributed by atoms with Crippen LogP contribution in [-0.2, 0) is 6.42 Å². The van der Waals surface area contributed by atoms with E-state index in [9.17, 15) is 0 Å². The van der Waals surface area contributed by atoms with E-state index in [0.29, 0.717) is 18.1 Å². The lowest BCUT2D eigenvalue weighted by Crippen LogP contribution is -2.14. The Kier molecular flexibility index (Phi) is 2.96. The van der Waals surface area contributed by atoms with Gasteiger partial charge in [0, 0.05) is 18.3 Å². The van der Waals surface area contributed by atoms with E-state index in [2.05, 4.69) is 15.1 Å². The van der Waals surface area contributed by atoms with Crippen molar-refractivity contribution in [1.82, 2.24) is 15.1 Å². The minimum absolute atomic E-state index is 0.378. The van der Waals surface area contributed by atoms with E-state index < -0.39 is 0 Å². The smallest absolute Gasteiger partial charge is 0.226 e. The standard InChI is InChI=1S/C11H14N4O/c1-3-9-14-11(15-16-9)10(12)8-5-4-7(2)13-6-8/h4-6,10H,3,12H2,1-2H3. The molecule has 0 radical (unpaired) electrons. The molecule has 0 amide bonds. The predicted octanol–water partition coefficient (Wildman–Crippen LogP) is 1.38. The summed E-state index contributed by atoms with van der Waals surface area (Å²) in [5.74, 6) is 1.10. The highest BCUT2D eigenvalue weighted by molar-refractivity contribution is 5.22. The topological polar surface area (TPSA) is 77.8 Å². The first kappa shape index (κ1) is 10.8. The Morgan fingerprint density at radius 3 is 2.81 bits per heavy atom. The highest BCUT2D eigenvalue weighted by atomic mass is 16.5. The Morgan fingerprint density at radius 2 is 2.25 bits per heavy atom. The van der Waals surface area contributed by atoms with Crippen LogP contribution in [-0.4, -0.2) is 15.1 Å². The van der Waals surface area contributed by atoms with Crippen LogP contribution in [0.25, 0.3) is 0 Å². The van der Waals surface area contributed by atoms with Crippen molar-refractivity contribution in [1.29, 1.82) is 0 Å². The van der Waals surface area contributed by atoms with E-state index in [-0.39, 0.29) is 6.04 Å². The molecule has 1 atom stereocenters. The van der Waals surface area contributed by atoms with Crippen molar-refractivity contribution in [2.45, 2.75) is 26.3 Å². The average molecular weight is 218 g/mol. The van der Waals surface area contributed by atoms with Gasteiger partial charge in [0.05, 0.1) is 6.04 Å². The normalized spacial score (nSPS) is 12.7. The molecule has 0 aliphatic rings. The number of hydrogen-bond acceptors (Lipinski definition) is 5. The Hall–Kier alpha value is -1.75. The molecule has 5 heteroatoms. The molecule has 2 rings (SSSR count). The minimum Gasteiger partial charge on any atom is -0.339 e. The fourth-order valence-electron chi connectivity index (χ4n) is 1.35. The predicted molar refractivity (Wildman–Crippen MR) is 58.7 cm³/mol. The summed E-state index contributed by atoms with van der Waals surface area (Å²) in [6, 6.07) is 3.46. The average Bonchev–Trinajstić information content (AvgIpc) is 2.77. The molecule has 0 saturated carbocycles. The number of nitrogens with zero attached hydrogens (tertiary/aromatic N) is 3. The fraction of sp³-hybridized carbons (Fsp3) is 0.364. The van der Waals surface area contributed by atoms with Crippen LogP contribution >= 0.6 is 0 Å². The SMILES string of the molecule is CCc1nc(C(N)c2ccc(C)nc2)no1. The van der Waals surface area contributed by atoms with E-state index in [1.165, 1.54) is 0 Å². The Labute approximate surface area is 93.7 Å². The third kappa shape index (κ3) is 2.09. The fourth-order valence-corrected chi connectivity index (χ4v) is 1.35. The Morgan fingerprint density at radius 1 is 1.44 bits per heavy atom. The largest absolute Gasteiger partial charge is 0.339 e. The molecule has 0 aromatic carbocycles. The molecular formula is C11H14N4O. The van der Waals surface area contributed by atoms with E-state index in [1.807, 2.05) is 26.0 Å². The van der Waals surface area contributed by atoms with Gasteiger partial charge in [0.2, 0.25) is 5.89 Å². The van der Waals surface area contributed by atoms with Gasteiger partial charge < -0.3 is 10.3 Å². The van der Waals surface area contributed by atoms with Gasteiger partial charge in [-0.3, -0.25) is 4.98 Å². The maximum Gasteiger partial charge on any atom is 0.226 e. The number of pyridine rings is 1. The van der Waals surface area contributed by atoms with Crippen molar-refractivity contribution in [3.63, 3.8) is 0 Å². The third-order valence-electron chi connectivity index (χ3n) is 2.36. The van der Waals surface area contributed by atoms with Crippen LogP contribution in [0.3, 0.4) is 0 Å². The summed E-state index contributed by atoms with van der Waals surface area (Å²) in [4.78, 5) is 8.38. The van der Waals surface area contributed by atoms with Crippen LogP contribution in [0.15, 0.2) is 22.9 Å². The highest BCUT2D eigenvalue weighted by Gasteiger charge is 2.15. The monoisotopic (exact) mass is 218 g/mol. The third-order valence-corrected chi connectivity index (χ3v) is 2.36. The number of aromatic nitrogens is 3. The zero-order valence-corrected chi connectivity index (χ0v) is 9.34. The van der Waals surface area contributed by atoms with Crippen LogP contribution in [0.4, 0.5) is 0 Å². The number of nitrogens with two attached hydrogens (primary N) is 1. The highest BCUT2D eigenvalue weighted by Crippen LogP contribution is 2.16. The number of rotatable bonds is 3. The van der Waals surface area contributed by atoms with Crippen molar-refractivity contribution >= 4 is 0 Å². The van der Waals surface area contributed by atoms with Gasteiger partial charge in [-0.25, -0.2) is 0 Å². The molecule has 5 nitrogen and oxygen atoms in total. The van der Waals surface area contributed by atoms with E-state index in [1.54, 1.807) is 6.20 Å². The first-order valence-electron chi connectivity index (χ1n) is 5.21. The summed E-state index contributed by atoms with van der Waals surface area (Å²) in [7, 11) is 0. The molecule has 2 aromatic rings. The van der Waals surface area contributed by atoms with Crippen LogP contribution < -0.4 is 5.73 Å². The first-order valence-corrected chi connectivity index (χ1v) is 5.21. The van der Waals surface area contributed by atoms with Gasteiger partial charge in [-0.1, -0.05) is 18.1 Å². The molecule has 0 aliphatic heterocycles. The van der Waals surface area contributed by atoms with Crippen molar-refractivity contribution in [2.75, 3.05) is 0 Å². The van der Waals surface area contributed by atoms with Gasteiger partial charge in [-0.2, -0.15) is 4.98 Å². The maximum absolute atomic E-state index is 6.01. The van der Waals surface area contributed by atoms with Crippen molar-refractivity contribution in [3.8, 4) is 0 Å². The molecule has 0 saturated heterocycles. The van der Waals surface area contributed by atoms with Crippen molar-refractivity contribution in [2.24, 2.45) is 5.73 Å². The molecule has 0 bridgehead atoms. The van der Waals surface area contributed by atoms with Gasteiger partial charge in [0.25, 0.3) is 0 Å². The summed E-state index contributed by atoms with van der Waals surface area (Å²) in [6.45, 7) is 3.88. The molecule has 0 fully saturated rings. The van der Waals surface area contributed by atoms with E-state index in [4.69, 9.17) is 10.3 Å². The molecule has 2 aromatic heterocycles. The lowest BCUT2D eigenvalue weighted by atomic mass is 10.1. The maximum atomic E-state index is 6.01. The van der Waals surface area contributed by atoms with E-state index >= 15 is 0 Å². The summed E-state index contributed by atoms with van der Waals surface area (Å²) < 4.78 is 5.02. The number of aryl methyl sites for hydroxylation is 2. The van der Waals surface area contributed by atoms with E-state index in [0.717, 1.165) is 11.3 Å². The Balaban J connectivity index is 2.24. The quantitative estimate of drug-likeness (QED) is 0.842. The molecule has 16 heavy (non-hydrogen) atoms. The minimum atomic E-state index is -0.378. The van der Waals surface area contributed by atoms with Crippen LogP contribution in [0.5, 0.6) is 0 Å². The molecule has 0 aliphatic carbocycles. The van der Waals surface area contributed by atoms with Gasteiger partial charge >= 0.3 is 0 Å². The lowest BCUT2D eigenvalue weighted by molar-refractivity contribution is 0.375. The van der Waals surface area contributed by atoms with Crippen molar-refractivity contribution < 1.29 is 4.52 Å². The zero-order valence-electron chi connectivity index (χ0n) is 9.34. The molecule has 2 N–H and O–H groups in total. The second-order valence-corrected chi connectivity index (χ2v) is 3.61. The first-order chi connectivity index (χ1) is 7.70.